The minimum atomic E-state index is -0.120. The van der Waals surface area contributed by atoms with Crippen molar-refractivity contribution in [2.75, 3.05) is 45.9 Å². The van der Waals surface area contributed by atoms with Gasteiger partial charge in [-0.05, 0) is 55.2 Å². The number of carbonyl (C=O) groups excluding carboxylic acids is 1. The van der Waals surface area contributed by atoms with Crippen LogP contribution in [0.5, 0.6) is 17.2 Å². The first-order valence-electron chi connectivity index (χ1n) is 10.3. The molecule has 0 bridgehead atoms. The summed E-state index contributed by atoms with van der Waals surface area (Å²) < 4.78 is 15.8. The monoisotopic (exact) mass is 413 g/mol. The first-order chi connectivity index (χ1) is 14.6. The van der Waals surface area contributed by atoms with Crippen LogP contribution in [0, 0.1) is 0 Å². The number of nitrogens with one attached hydrogen (secondary N) is 2. The Balaban J connectivity index is 1.40. The topological polar surface area (TPSA) is 72.1 Å². The molecule has 0 aliphatic carbocycles. The van der Waals surface area contributed by atoms with E-state index in [1.807, 2.05) is 30.3 Å². The summed E-state index contributed by atoms with van der Waals surface area (Å²) in [7, 11) is 4.93. The first-order valence-corrected chi connectivity index (χ1v) is 10.3. The van der Waals surface area contributed by atoms with E-state index in [1.54, 1.807) is 21.3 Å². The fourth-order valence-corrected chi connectivity index (χ4v) is 3.68. The molecule has 7 nitrogen and oxygen atoms in total. The highest BCUT2D eigenvalue weighted by atomic mass is 16.5. The van der Waals surface area contributed by atoms with Gasteiger partial charge in [-0.1, -0.05) is 6.07 Å². The molecule has 2 aromatic carbocycles. The zero-order valence-corrected chi connectivity index (χ0v) is 17.9. The van der Waals surface area contributed by atoms with Crippen LogP contribution in [0.15, 0.2) is 42.5 Å². The van der Waals surface area contributed by atoms with E-state index >= 15 is 0 Å². The fraction of sp³-hybridized carbons (Fsp3) is 0.435. The van der Waals surface area contributed by atoms with Crippen LogP contribution in [0.2, 0.25) is 0 Å². The third kappa shape index (κ3) is 5.72. The summed E-state index contributed by atoms with van der Waals surface area (Å²) in [5, 5.41) is 6.04. The average molecular weight is 414 g/mol. The molecule has 162 valence electrons. The van der Waals surface area contributed by atoms with Crippen molar-refractivity contribution in [1.82, 2.24) is 10.6 Å². The Kier molecular flexibility index (Phi) is 7.65. The van der Waals surface area contributed by atoms with Crippen LogP contribution in [0.4, 0.5) is 10.5 Å². The molecule has 1 saturated heterocycles. The zero-order chi connectivity index (χ0) is 21.3. The Morgan fingerprint density at radius 2 is 1.63 bits per heavy atom. The third-order valence-corrected chi connectivity index (χ3v) is 5.44. The molecule has 7 heteroatoms. The Morgan fingerprint density at radius 3 is 2.27 bits per heavy atom. The third-order valence-electron chi connectivity index (χ3n) is 5.44. The number of anilines is 1. The standard InChI is InChI=1S/C23H31N3O4/c1-28-20-8-5-19(6-9-20)26-14-11-18(12-15-26)25-23(27)24-13-10-17-4-7-21(29-2)16-22(17)30-3/h4-9,16,18H,10-15H2,1-3H3,(H2,24,25,27). The maximum Gasteiger partial charge on any atom is 0.315 e. The van der Waals surface area contributed by atoms with E-state index < -0.39 is 0 Å². The first kappa shape index (κ1) is 21.6. The largest absolute Gasteiger partial charge is 0.497 e. The highest BCUT2D eigenvalue weighted by molar-refractivity contribution is 5.74. The number of methoxy groups -OCH3 is 3. The summed E-state index contributed by atoms with van der Waals surface area (Å²) in [6, 6.07) is 13.9. The number of amides is 2. The van der Waals surface area contributed by atoms with Gasteiger partial charge in [-0.25, -0.2) is 4.79 Å². The van der Waals surface area contributed by atoms with Crippen molar-refractivity contribution in [1.29, 1.82) is 0 Å². The van der Waals surface area contributed by atoms with Gasteiger partial charge in [0.15, 0.2) is 0 Å². The molecule has 2 amide bonds. The number of hydrogen-bond donors (Lipinski definition) is 2. The molecule has 0 atom stereocenters. The Hall–Kier alpha value is -3.09. The number of rotatable bonds is 8. The van der Waals surface area contributed by atoms with Gasteiger partial charge >= 0.3 is 6.03 Å². The molecule has 0 spiro atoms. The highest BCUT2D eigenvalue weighted by Gasteiger charge is 2.21. The van der Waals surface area contributed by atoms with Crippen LogP contribution < -0.4 is 29.7 Å². The number of urea groups is 1. The molecule has 1 aliphatic rings. The Labute approximate surface area is 178 Å². The van der Waals surface area contributed by atoms with E-state index in [2.05, 4.69) is 27.7 Å². The predicted octanol–water partition coefficient (Wildman–Crippen LogP) is 3.22. The molecule has 1 heterocycles. The second kappa shape index (κ2) is 10.6. The van der Waals surface area contributed by atoms with Crippen LogP contribution in [-0.4, -0.2) is 53.0 Å². The van der Waals surface area contributed by atoms with Crippen LogP contribution in [0.25, 0.3) is 0 Å². The number of benzene rings is 2. The van der Waals surface area contributed by atoms with Gasteiger partial charge in [0.2, 0.25) is 0 Å². The predicted molar refractivity (Wildman–Crippen MR) is 118 cm³/mol. The number of carbonyl (C=O) groups is 1. The lowest BCUT2D eigenvalue weighted by Gasteiger charge is -2.34. The molecular formula is C23H31N3O4. The van der Waals surface area contributed by atoms with Gasteiger partial charge in [0.1, 0.15) is 17.2 Å². The van der Waals surface area contributed by atoms with Crippen LogP contribution in [0.1, 0.15) is 18.4 Å². The van der Waals surface area contributed by atoms with Gasteiger partial charge in [-0.3, -0.25) is 0 Å². The summed E-state index contributed by atoms with van der Waals surface area (Å²) in [5.41, 5.74) is 2.22. The van der Waals surface area contributed by atoms with Crippen molar-refractivity contribution in [3.05, 3.63) is 48.0 Å². The maximum absolute atomic E-state index is 12.3. The normalized spacial score (nSPS) is 14.2. The molecule has 0 aromatic heterocycles. The molecule has 0 saturated carbocycles. The number of piperidine rings is 1. The maximum atomic E-state index is 12.3. The molecule has 1 fully saturated rings. The second-order valence-corrected chi connectivity index (χ2v) is 7.29. The Bertz CT molecular complexity index is 818. The summed E-state index contributed by atoms with van der Waals surface area (Å²) >= 11 is 0. The average Bonchev–Trinajstić information content (AvgIpc) is 2.79. The van der Waals surface area contributed by atoms with E-state index in [0.29, 0.717) is 13.0 Å². The van der Waals surface area contributed by atoms with Crippen molar-refractivity contribution in [2.45, 2.75) is 25.3 Å². The molecule has 30 heavy (non-hydrogen) atoms. The SMILES string of the molecule is COc1ccc(N2CCC(NC(=O)NCCc3ccc(OC)cc3OC)CC2)cc1. The molecule has 1 aliphatic heterocycles. The molecule has 3 rings (SSSR count). The van der Waals surface area contributed by atoms with Gasteiger partial charge in [0.25, 0.3) is 0 Å². The van der Waals surface area contributed by atoms with Gasteiger partial charge in [0.05, 0.1) is 21.3 Å². The van der Waals surface area contributed by atoms with E-state index in [1.165, 1.54) is 5.69 Å². The van der Waals surface area contributed by atoms with E-state index in [4.69, 9.17) is 14.2 Å². The minimum Gasteiger partial charge on any atom is -0.497 e. The molecule has 2 aromatic rings. The number of nitrogens with zero attached hydrogens (tertiary/aromatic N) is 1. The van der Waals surface area contributed by atoms with Gasteiger partial charge in [0, 0.05) is 37.4 Å². The summed E-state index contributed by atoms with van der Waals surface area (Å²) in [5.74, 6) is 2.38. The lowest BCUT2D eigenvalue weighted by Crippen LogP contribution is -2.48. The van der Waals surface area contributed by atoms with Crippen molar-refractivity contribution in [3.8, 4) is 17.2 Å². The fourth-order valence-electron chi connectivity index (χ4n) is 3.68. The highest BCUT2D eigenvalue weighted by Crippen LogP contribution is 2.25. The van der Waals surface area contributed by atoms with E-state index in [9.17, 15) is 4.79 Å². The van der Waals surface area contributed by atoms with Crippen molar-refractivity contribution in [2.24, 2.45) is 0 Å². The lowest BCUT2D eigenvalue weighted by atomic mass is 10.0. The zero-order valence-electron chi connectivity index (χ0n) is 17.9. The number of hydrogen-bond acceptors (Lipinski definition) is 5. The van der Waals surface area contributed by atoms with E-state index in [0.717, 1.165) is 48.7 Å². The quantitative estimate of drug-likeness (QED) is 0.695. The van der Waals surface area contributed by atoms with Gasteiger partial charge in [-0.15, -0.1) is 0 Å². The number of ether oxygens (including phenoxy) is 3. The smallest absolute Gasteiger partial charge is 0.315 e. The van der Waals surface area contributed by atoms with Crippen LogP contribution in [0.3, 0.4) is 0 Å². The summed E-state index contributed by atoms with van der Waals surface area (Å²) in [6.45, 7) is 2.37. The van der Waals surface area contributed by atoms with Crippen LogP contribution >= 0.6 is 0 Å². The molecular weight excluding hydrogens is 382 g/mol. The van der Waals surface area contributed by atoms with E-state index in [-0.39, 0.29) is 12.1 Å². The van der Waals surface area contributed by atoms with Crippen LogP contribution in [-0.2, 0) is 6.42 Å². The molecule has 0 unspecified atom stereocenters. The summed E-state index contributed by atoms with van der Waals surface area (Å²) in [4.78, 5) is 14.6. The van der Waals surface area contributed by atoms with Crippen molar-refractivity contribution < 1.29 is 19.0 Å². The van der Waals surface area contributed by atoms with Crippen molar-refractivity contribution >= 4 is 11.7 Å². The Morgan fingerprint density at radius 1 is 0.967 bits per heavy atom. The van der Waals surface area contributed by atoms with Gasteiger partial charge < -0.3 is 29.7 Å². The van der Waals surface area contributed by atoms with Crippen molar-refractivity contribution in [3.63, 3.8) is 0 Å². The lowest BCUT2D eigenvalue weighted by molar-refractivity contribution is 0.234. The second-order valence-electron chi connectivity index (χ2n) is 7.29. The van der Waals surface area contributed by atoms with Gasteiger partial charge in [-0.2, -0.15) is 0 Å². The minimum absolute atomic E-state index is 0.120. The molecule has 0 radical (unpaired) electrons. The summed E-state index contributed by atoms with van der Waals surface area (Å²) in [6.07, 6.45) is 2.54. The molecule has 2 N–H and O–H groups in total.